The van der Waals surface area contributed by atoms with Crippen LogP contribution in [0.5, 0.6) is 0 Å². The standard InChI is InChI=1S/C49H33N3/c1-3-11-34(12-4-1)35-22-27-41(28-23-35)51(47-19-9-13-37-20-21-38-14-10-32-50-49(38)48(37)47)42-29-24-36(25-30-42)39-26-31-46-44(33-39)43-17-7-8-18-45(43)52(46)40-15-5-2-6-16-40/h1-33H. The van der Waals surface area contributed by atoms with Crippen molar-refractivity contribution < 1.29 is 0 Å². The molecule has 0 bridgehead atoms. The zero-order valence-corrected chi connectivity index (χ0v) is 28.4. The highest BCUT2D eigenvalue weighted by Crippen LogP contribution is 2.42. The van der Waals surface area contributed by atoms with Crippen molar-refractivity contribution >= 4 is 60.5 Å². The van der Waals surface area contributed by atoms with Gasteiger partial charge >= 0.3 is 0 Å². The van der Waals surface area contributed by atoms with E-state index in [-0.39, 0.29) is 0 Å². The summed E-state index contributed by atoms with van der Waals surface area (Å²) in [6, 6.07) is 69.6. The summed E-state index contributed by atoms with van der Waals surface area (Å²) in [5, 5.41) is 5.92. The molecule has 3 nitrogen and oxygen atoms in total. The van der Waals surface area contributed by atoms with Gasteiger partial charge in [-0.05, 0) is 94.4 Å². The summed E-state index contributed by atoms with van der Waals surface area (Å²) in [7, 11) is 0. The van der Waals surface area contributed by atoms with Gasteiger partial charge in [-0.2, -0.15) is 0 Å². The molecular formula is C49H33N3. The van der Waals surface area contributed by atoms with Gasteiger partial charge in [0, 0.05) is 44.8 Å². The number of benzene rings is 8. The highest BCUT2D eigenvalue weighted by atomic mass is 15.1. The molecule has 0 saturated heterocycles. The molecule has 10 rings (SSSR count). The molecular weight excluding hydrogens is 631 g/mol. The molecule has 0 unspecified atom stereocenters. The van der Waals surface area contributed by atoms with Gasteiger partial charge in [0.25, 0.3) is 0 Å². The maximum atomic E-state index is 4.89. The summed E-state index contributed by atoms with van der Waals surface area (Å²) in [5.74, 6) is 0. The van der Waals surface area contributed by atoms with Crippen LogP contribution in [0.1, 0.15) is 0 Å². The van der Waals surface area contributed by atoms with Crippen LogP contribution in [0.4, 0.5) is 17.1 Å². The third-order valence-electron chi connectivity index (χ3n) is 10.2. The minimum Gasteiger partial charge on any atom is -0.310 e. The third kappa shape index (κ3) is 5.02. The Labute approximate surface area is 302 Å². The first-order chi connectivity index (χ1) is 25.8. The van der Waals surface area contributed by atoms with E-state index in [1.54, 1.807) is 0 Å². The van der Waals surface area contributed by atoms with E-state index in [4.69, 9.17) is 4.98 Å². The predicted octanol–water partition coefficient (Wildman–Crippen LogP) is 13.3. The summed E-state index contributed by atoms with van der Waals surface area (Å²) in [6.45, 7) is 0. The predicted molar refractivity (Wildman–Crippen MR) is 219 cm³/mol. The first kappa shape index (κ1) is 29.9. The molecule has 0 amide bonds. The molecule has 0 N–H and O–H groups in total. The Morgan fingerprint density at radius 3 is 1.77 bits per heavy atom. The fourth-order valence-electron chi connectivity index (χ4n) is 7.75. The van der Waals surface area contributed by atoms with Gasteiger partial charge in [0.2, 0.25) is 0 Å². The van der Waals surface area contributed by atoms with E-state index in [1.165, 1.54) is 49.7 Å². The minimum atomic E-state index is 1.00. The van der Waals surface area contributed by atoms with Crippen LogP contribution < -0.4 is 4.90 Å². The van der Waals surface area contributed by atoms with Crippen molar-refractivity contribution in [2.24, 2.45) is 0 Å². The molecule has 52 heavy (non-hydrogen) atoms. The number of rotatable bonds is 6. The van der Waals surface area contributed by atoms with Crippen molar-refractivity contribution in [2.45, 2.75) is 0 Å². The van der Waals surface area contributed by atoms with Crippen molar-refractivity contribution in [3.05, 3.63) is 200 Å². The molecule has 0 saturated carbocycles. The van der Waals surface area contributed by atoms with Gasteiger partial charge in [0.15, 0.2) is 0 Å². The Bertz CT molecular complexity index is 2870. The van der Waals surface area contributed by atoms with Crippen LogP contribution in [0.3, 0.4) is 0 Å². The third-order valence-corrected chi connectivity index (χ3v) is 10.2. The molecule has 0 spiro atoms. The number of hydrogen-bond acceptors (Lipinski definition) is 2. The van der Waals surface area contributed by atoms with Crippen molar-refractivity contribution in [3.8, 4) is 27.9 Å². The van der Waals surface area contributed by atoms with E-state index in [0.717, 1.165) is 38.7 Å². The number of pyridine rings is 1. The molecule has 2 aromatic heterocycles. The largest absolute Gasteiger partial charge is 0.310 e. The fraction of sp³-hybridized carbons (Fsp3) is 0. The first-order valence-electron chi connectivity index (χ1n) is 17.7. The number of nitrogens with zero attached hydrogens (tertiary/aromatic N) is 3. The Hall–Kier alpha value is -6.97. The molecule has 0 atom stereocenters. The number of aromatic nitrogens is 2. The van der Waals surface area contributed by atoms with Crippen LogP contribution in [0.15, 0.2) is 200 Å². The zero-order valence-electron chi connectivity index (χ0n) is 28.4. The molecule has 10 aromatic rings. The van der Waals surface area contributed by atoms with Gasteiger partial charge in [-0.3, -0.25) is 4.98 Å². The lowest BCUT2D eigenvalue weighted by Crippen LogP contribution is -2.10. The normalized spacial score (nSPS) is 11.5. The SMILES string of the molecule is c1ccc(-c2ccc(N(c3ccc(-c4ccc5c(c4)c4ccccc4n5-c4ccccc4)cc3)c3cccc4ccc5cccnc5c34)cc2)cc1. The van der Waals surface area contributed by atoms with E-state index in [0.29, 0.717) is 0 Å². The molecule has 8 aromatic carbocycles. The van der Waals surface area contributed by atoms with Gasteiger partial charge in [0.05, 0.1) is 22.2 Å². The topological polar surface area (TPSA) is 21.1 Å². The number of fused-ring (bicyclic) bond motifs is 6. The van der Waals surface area contributed by atoms with E-state index in [9.17, 15) is 0 Å². The minimum absolute atomic E-state index is 1.00. The van der Waals surface area contributed by atoms with Crippen molar-refractivity contribution in [3.63, 3.8) is 0 Å². The van der Waals surface area contributed by atoms with Crippen molar-refractivity contribution in [1.29, 1.82) is 0 Å². The second kappa shape index (κ2) is 12.4. The molecule has 0 fully saturated rings. The molecule has 0 radical (unpaired) electrons. The van der Waals surface area contributed by atoms with E-state index in [2.05, 4.69) is 198 Å². The monoisotopic (exact) mass is 663 g/mol. The molecule has 0 aliphatic rings. The highest BCUT2D eigenvalue weighted by Gasteiger charge is 2.19. The van der Waals surface area contributed by atoms with Crippen LogP contribution in [0.2, 0.25) is 0 Å². The molecule has 2 heterocycles. The molecule has 244 valence electrons. The summed E-state index contributed by atoms with van der Waals surface area (Å²) in [6.07, 6.45) is 1.89. The van der Waals surface area contributed by atoms with Crippen LogP contribution in [0.25, 0.3) is 71.4 Å². The number of anilines is 3. The second-order valence-electron chi connectivity index (χ2n) is 13.2. The van der Waals surface area contributed by atoms with E-state index >= 15 is 0 Å². The van der Waals surface area contributed by atoms with Gasteiger partial charge in [-0.15, -0.1) is 0 Å². The Balaban J connectivity index is 1.11. The first-order valence-corrected chi connectivity index (χ1v) is 17.7. The lowest BCUT2D eigenvalue weighted by Gasteiger charge is -2.27. The van der Waals surface area contributed by atoms with Crippen molar-refractivity contribution in [2.75, 3.05) is 4.90 Å². The average Bonchev–Trinajstić information content (AvgIpc) is 3.56. The summed E-state index contributed by atoms with van der Waals surface area (Å²) < 4.78 is 2.36. The van der Waals surface area contributed by atoms with Gasteiger partial charge in [-0.1, -0.05) is 127 Å². The Morgan fingerprint density at radius 1 is 0.404 bits per heavy atom. The van der Waals surface area contributed by atoms with E-state index in [1.807, 2.05) is 12.3 Å². The summed E-state index contributed by atoms with van der Waals surface area (Å²) in [5.41, 5.74) is 12.6. The van der Waals surface area contributed by atoms with Crippen LogP contribution >= 0.6 is 0 Å². The van der Waals surface area contributed by atoms with Gasteiger partial charge < -0.3 is 9.47 Å². The summed E-state index contributed by atoms with van der Waals surface area (Å²) >= 11 is 0. The zero-order chi connectivity index (χ0) is 34.4. The van der Waals surface area contributed by atoms with Crippen LogP contribution in [-0.4, -0.2) is 9.55 Å². The summed E-state index contributed by atoms with van der Waals surface area (Å²) in [4.78, 5) is 7.25. The number of para-hydroxylation sites is 2. The highest BCUT2D eigenvalue weighted by molar-refractivity contribution is 6.14. The molecule has 0 aliphatic carbocycles. The Kier molecular flexibility index (Phi) is 7.14. The van der Waals surface area contributed by atoms with Crippen LogP contribution in [0, 0.1) is 0 Å². The van der Waals surface area contributed by atoms with E-state index < -0.39 is 0 Å². The van der Waals surface area contributed by atoms with Crippen LogP contribution in [-0.2, 0) is 0 Å². The second-order valence-corrected chi connectivity index (χ2v) is 13.2. The lowest BCUT2D eigenvalue weighted by molar-refractivity contribution is 1.18. The molecule has 0 aliphatic heterocycles. The quantitative estimate of drug-likeness (QED) is 0.165. The van der Waals surface area contributed by atoms with Gasteiger partial charge in [0.1, 0.15) is 0 Å². The Morgan fingerprint density at radius 2 is 1.00 bits per heavy atom. The maximum Gasteiger partial charge on any atom is 0.0801 e. The van der Waals surface area contributed by atoms with Crippen molar-refractivity contribution in [1.82, 2.24) is 9.55 Å². The molecule has 3 heteroatoms. The fourth-order valence-corrected chi connectivity index (χ4v) is 7.75. The maximum absolute atomic E-state index is 4.89. The average molecular weight is 664 g/mol. The number of hydrogen-bond donors (Lipinski definition) is 0. The van der Waals surface area contributed by atoms with Gasteiger partial charge in [-0.25, -0.2) is 0 Å². The lowest BCUT2D eigenvalue weighted by atomic mass is 10.0. The smallest absolute Gasteiger partial charge is 0.0801 e.